The van der Waals surface area contributed by atoms with Crippen molar-refractivity contribution in [1.82, 2.24) is 4.90 Å². The predicted octanol–water partition coefficient (Wildman–Crippen LogP) is 7.45. The largest absolute Gasteiger partial charge is 0.491 e. The monoisotopic (exact) mass is 629 g/mol. The molecule has 0 atom stereocenters. The number of hydrogen-bond acceptors (Lipinski definition) is 7. The SMILES string of the molecule is CCOc1cc(/C=C2\SC(=O)N(CCOc3cc(C)ccc3C)C2=O)cc(Br)c1OC(=O)c1ccc(Cl)cc1. The maximum Gasteiger partial charge on any atom is 0.343 e. The first-order valence-corrected chi connectivity index (χ1v) is 14.0. The van der Waals surface area contributed by atoms with Gasteiger partial charge in [0.05, 0.1) is 28.1 Å². The average Bonchev–Trinajstić information content (AvgIpc) is 3.15. The molecule has 7 nitrogen and oxygen atoms in total. The molecule has 1 heterocycles. The molecule has 0 aliphatic carbocycles. The van der Waals surface area contributed by atoms with E-state index in [0.717, 1.165) is 28.6 Å². The van der Waals surface area contributed by atoms with Gasteiger partial charge in [-0.25, -0.2) is 4.79 Å². The van der Waals surface area contributed by atoms with Crippen molar-refractivity contribution in [2.75, 3.05) is 19.8 Å². The van der Waals surface area contributed by atoms with Crippen LogP contribution in [0.25, 0.3) is 6.08 Å². The molecular formula is C29H25BrClNO6S. The maximum atomic E-state index is 13.0. The Balaban J connectivity index is 1.49. The molecule has 0 unspecified atom stereocenters. The van der Waals surface area contributed by atoms with E-state index in [2.05, 4.69) is 15.9 Å². The fraction of sp³-hybridized carbons (Fsp3) is 0.207. The normalized spacial score (nSPS) is 14.2. The van der Waals surface area contributed by atoms with E-state index in [1.54, 1.807) is 49.4 Å². The number of carbonyl (C=O) groups excluding carboxylic acids is 3. The van der Waals surface area contributed by atoms with Gasteiger partial charge >= 0.3 is 5.97 Å². The van der Waals surface area contributed by atoms with E-state index in [4.69, 9.17) is 25.8 Å². The van der Waals surface area contributed by atoms with Crippen LogP contribution in [0.15, 0.2) is 64.0 Å². The van der Waals surface area contributed by atoms with E-state index in [1.807, 2.05) is 32.0 Å². The predicted molar refractivity (Wildman–Crippen MR) is 156 cm³/mol. The zero-order valence-corrected chi connectivity index (χ0v) is 24.6. The topological polar surface area (TPSA) is 82.1 Å². The van der Waals surface area contributed by atoms with Gasteiger partial charge in [0.1, 0.15) is 12.4 Å². The lowest BCUT2D eigenvalue weighted by Crippen LogP contribution is -2.32. The zero-order chi connectivity index (χ0) is 28.1. The summed E-state index contributed by atoms with van der Waals surface area (Å²) in [5.74, 6) is 0.252. The molecule has 0 N–H and O–H groups in total. The molecule has 0 radical (unpaired) electrons. The summed E-state index contributed by atoms with van der Waals surface area (Å²) in [7, 11) is 0. The number of rotatable bonds is 9. The summed E-state index contributed by atoms with van der Waals surface area (Å²) in [6.45, 7) is 6.34. The third kappa shape index (κ3) is 7.03. The Morgan fingerprint density at radius 1 is 1.03 bits per heavy atom. The number of ether oxygens (including phenoxy) is 3. The molecule has 3 aromatic carbocycles. The molecule has 1 saturated heterocycles. The standard InChI is InChI=1S/C29H25BrClNO6S/c1-4-36-24-15-19(14-22(30)26(24)38-28(34)20-7-9-21(31)10-8-20)16-25-27(33)32(29(35)39-25)11-12-37-23-13-17(2)5-6-18(23)3/h5-10,13-16H,4,11-12H2,1-3H3/b25-16-. The number of nitrogens with zero attached hydrogens (tertiary/aromatic N) is 1. The number of carbonyl (C=O) groups is 3. The van der Waals surface area contributed by atoms with Crippen LogP contribution in [0.1, 0.15) is 34.0 Å². The van der Waals surface area contributed by atoms with Crippen LogP contribution in [0.2, 0.25) is 5.02 Å². The number of halogens is 2. The molecule has 2 amide bonds. The Morgan fingerprint density at radius 2 is 1.77 bits per heavy atom. The molecule has 1 fully saturated rings. The van der Waals surface area contributed by atoms with Crippen molar-refractivity contribution >= 4 is 62.5 Å². The molecule has 1 aliphatic heterocycles. The molecular weight excluding hydrogens is 606 g/mol. The smallest absolute Gasteiger partial charge is 0.343 e. The maximum absolute atomic E-state index is 13.0. The highest BCUT2D eigenvalue weighted by atomic mass is 79.9. The Hall–Kier alpha value is -3.27. The lowest BCUT2D eigenvalue weighted by Gasteiger charge is -2.15. The Morgan fingerprint density at radius 3 is 2.49 bits per heavy atom. The van der Waals surface area contributed by atoms with Gasteiger partial charge in [-0.05, 0) is 114 Å². The van der Waals surface area contributed by atoms with Crippen LogP contribution in [0.5, 0.6) is 17.2 Å². The molecule has 0 bridgehead atoms. The number of amides is 2. The summed E-state index contributed by atoms with van der Waals surface area (Å²) >= 11 is 10.2. The summed E-state index contributed by atoms with van der Waals surface area (Å²) in [6.07, 6.45) is 1.61. The molecule has 1 aliphatic rings. The first-order valence-electron chi connectivity index (χ1n) is 12.1. The van der Waals surface area contributed by atoms with Gasteiger partial charge in [0.25, 0.3) is 11.1 Å². The highest BCUT2D eigenvalue weighted by molar-refractivity contribution is 9.10. The van der Waals surface area contributed by atoms with Crippen LogP contribution in [-0.2, 0) is 4.79 Å². The van der Waals surface area contributed by atoms with Crippen molar-refractivity contribution in [2.24, 2.45) is 0 Å². The van der Waals surface area contributed by atoms with Crippen molar-refractivity contribution in [2.45, 2.75) is 20.8 Å². The lowest BCUT2D eigenvalue weighted by atomic mass is 10.1. The first kappa shape index (κ1) is 28.7. The van der Waals surface area contributed by atoms with Crippen molar-refractivity contribution < 1.29 is 28.6 Å². The van der Waals surface area contributed by atoms with Crippen LogP contribution >= 0.6 is 39.3 Å². The number of imide groups is 1. The number of hydrogen-bond donors (Lipinski definition) is 0. The Bertz CT molecular complexity index is 1460. The number of aryl methyl sites for hydroxylation is 2. The molecule has 202 valence electrons. The van der Waals surface area contributed by atoms with Gasteiger partial charge in [-0.1, -0.05) is 23.7 Å². The minimum absolute atomic E-state index is 0.128. The highest BCUT2D eigenvalue weighted by Crippen LogP contribution is 2.40. The van der Waals surface area contributed by atoms with E-state index >= 15 is 0 Å². The summed E-state index contributed by atoms with van der Waals surface area (Å²) < 4.78 is 17.6. The molecule has 10 heteroatoms. The second-order valence-electron chi connectivity index (χ2n) is 8.61. The minimum atomic E-state index is -0.578. The zero-order valence-electron chi connectivity index (χ0n) is 21.5. The van der Waals surface area contributed by atoms with Gasteiger partial charge < -0.3 is 14.2 Å². The van der Waals surface area contributed by atoms with E-state index in [9.17, 15) is 14.4 Å². The van der Waals surface area contributed by atoms with Gasteiger partial charge in [0.15, 0.2) is 11.5 Å². The van der Waals surface area contributed by atoms with Gasteiger partial charge in [0.2, 0.25) is 0 Å². The number of benzene rings is 3. The van der Waals surface area contributed by atoms with Crippen LogP contribution in [0, 0.1) is 13.8 Å². The number of thioether (sulfide) groups is 1. The second-order valence-corrected chi connectivity index (χ2v) is 10.9. The van der Waals surface area contributed by atoms with Crippen LogP contribution in [0.3, 0.4) is 0 Å². The fourth-order valence-corrected chi connectivity index (χ4v) is 5.26. The second kappa shape index (κ2) is 12.7. The third-order valence-corrected chi connectivity index (χ3v) is 7.44. The molecule has 0 spiro atoms. The molecule has 4 rings (SSSR count). The van der Waals surface area contributed by atoms with Crippen LogP contribution < -0.4 is 14.2 Å². The molecule has 3 aromatic rings. The van der Waals surface area contributed by atoms with E-state index in [0.29, 0.717) is 33.0 Å². The van der Waals surface area contributed by atoms with Gasteiger partial charge in [-0.3, -0.25) is 14.5 Å². The Labute approximate surface area is 244 Å². The highest BCUT2D eigenvalue weighted by Gasteiger charge is 2.35. The van der Waals surface area contributed by atoms with Crippen molar-refractivity contribution in [3.05, 3.63) is 91.3 Å². The van der Waals surface area contributed by atoms with Gasteiger partial charge in [-0.15, -0.1) is 0 Å². The molecule has 0 saturated carbocycles. The van der Waals surface area contributed by atoms with Crippen molar-refractivity contribution in [3.8, 4) is 17.2 Å². The quantitative estimate of drug-likeness (QED) is 0.138. The van der Waals surface area contributed by atoms with E-state index in [1.165, 1.54) is 4.90 Å². The fourth-order valence-electron chi connectivity index (χ4n) is 3.72. The van der Waals surface area contributed by atoms with E-state index < -0.39 is 11.9 Å². The molecule has 39 heavy (non-hydrogen) atoms. The van der Waals surface area contributed by atoms with Crippen molar-refractivity contribution in [1.29, 1.82) is 0 Å². The minimum Gasteiger partial charge on any atom is -0.491 e. The summed E-state index contributed by atoms with van der Waals surface area (Å²) in [6, 6.07) is 15.5. The summed E-state index contributed by atoms with van der Waals surface area (Å²) in [5, 5.41) is 0.138. The van der Waals surface area contributed by atoms with E-state index in [-0.39, 0.29) is 29.0 Å². The lowest BCUT2D eigenvalue weighted by molar-refractivity contribution is -0.123. The Kier molecular flexibility index (Phi) is 9.37. The first-order chi connectivity index (χ1) is 18.7. The summed E-state index contributed by atoms with van der Waals surface area (Å²) in [5.41, 5.74) is 2.96. The van der Waals surface area contributed by atoms with Gasteiger partial charge in [-0.2, -0.15) is 0 Å². The summed E-state index contributed by atoms with van der Waals surface area (Å²) in [4.78, 5) is 39.7. The van der Waals surface area contributed by atoms with Crippen molar-refractivity contribution in [3.63, 3.8) is 0 Å². The molecule has 0 aromatic heterocycles. The number of esters is 1. The van der Waals surface area contributed by atoms with Crippen LogP contribution in [0.4, 0.5) is 4.79 Å². The third-order valence-electron chi connectivity index (χ3n) is 5.69. The van der Waals surface area contributed by atoms with Gasteiger partial charge in [0, 0.05) is 5.02 Å². The average molecular weight is 631 g/mol. The van der Waals surface area contributed by atoms with Crippen LogP contribution in [-0.4, -0.2) is 41.8 Å².